The molecular formula is C15H15BrN2O. The van der Waals surface area contributed by atoms with Gasteiger partial charge in [-0.05, 0) is 36.8 Å². The lowest BCUT2D eigenvalue weighted by molar-refractivity contribution is 0.0993. The number of carbonyl (C=O) groups is 1. The Labute approximate surface area is 121 Å². The quantitative estimate of drug-likeness (QED) is 0.860. The minimum atomic E-state index is -0.0846. The van der Waals surface area contributed by atoms with Gasteiger partial charge in [-0.2, -0.15) is 0 Å². The summed E-state index contributed by atoms with van der Waals surface area (Å²) in [5.74, 6) is -0.0846. The van der Waals surface area contributed by atoms with E-state index in [2.05, 4.69) is 15.9 Å². The molecule has 0 aromatic heterocycles. The summed E-state index contributed by atoms with van der Waals surface area (Å²) in [6.45, 7) is 1.98. The first kappa shape index (κ1) is 13.6. The molecule has 0 bridgehead atoms. The highest BCUT2D eigenvalue weighted by Crippen LogP contribution is 2.24. The van der Waals surface area contributed by atoms with Crippen LogP contribution in [0.5, 0.6) is 0 Å². The Morgan fingerprint density at radius 2 is 1.89 bits per heavy atom. The van der Waals surface area contributed by atoms with Crippen LogP contribution in [-0.4, -0.2) is 13.0 Å². The summed E-state index contributed by atoms with van der Waals surface area (Å²) in [5, 5.41) is 0. The molecule has 0 radical (unpaired) electrons. The van der Waals surface area contributed by atoms with Gasteiger partial charge < -0.3 is 10.6 Å². The first-order chi connectivity index (χ1) is 9.00. The van der Waals surface area contributed by atoms with Gasteiger partial charge in [0.25, 0.3) is 5.91 Å². The number of hydrogen-bond donors (Lipinski definition) is 1. The third-order valence-electron chi connectivity index (χ3n) is 3.02. The van der Waals surface area contributed by atoms with E-state index >= 15 is 0 Å². The summed E-state index contributed by atoms with van der Waals surface area (Å²) in [4.78, 5) is 14.0. The second kappa shape index (κ2) is 5.45. The number of nitrogens with two attached hydrogens (primary N) is 1. The second-order valence-corrected chi connectivity index (χ2v) is 5.24. The lowest BCUT2D eigenvalue weighted by Gasteiger charge is -2.19. The molecule has 1 amide bonds. The highest BCUT2D eigenvalue weighted by molar-refractivity contribution is 9.10. The Kier molecular flexibility index (Phi) is 3.90. The topological polar surface area (TPSA) is 46.3 Å². The monoisotopic (exact) mass is 318 g/mol. The maximum absolute atomic E-state index is 12.4. The van der Waals surface area contributed by atoms with Gasteiger partial charge in [-0.3, -0.25) is 4.79 Å². The maximum Gasteiger partial charge on any atom is 0.258 e. The fourth-order valence-electron chi connectivity index (χ4n) is 1.82. The summed E-state index contributed by atoms with van der Waals surface area (Å²) in [6, 6.07) is 12.9. The molecule has 98 valence electrons. The number of carbonyl (C=O) groups excluding carboxylic acids is 1. The van der Waals surface area contributed by atoms with Crippen molar-refractivity contribution in [1.29, 1.82) is 0 Å². The fraction of sp³-hybridized carbons (Fsp3) is 0.133. The normalized spacial score (nSPS) is 10.3. The fourth-order valence-corrected chi connectivity index (χ4v) is 2.20. The van der Waals surface area contributed by atoms with Gasteiger partial charge in [0.2, 0.25) is 0 Å². The number of rotatable bonds is 2. The molecule has 3 nitrogen and oxygen atoms in total. The number of nitrogens with zero attached hydrogens (tertiary/aromatic N) is 1. The Hall–Kier alpha value is -1.81. The Bertz CT molecular complexity index is 625. The zero-order valence-electron chi connectivity index (χ0n) is 10.9. The van der Waals surface area contributed by atoms with Crippen molar-refractivity contribution in [3.8, 4) is 0 Å². The molecule has 2 aromatic carbocycles. The van der Waals surface area contributed by atoms with Crippen LogP contribution in [0.2, 0.25) is 0 Å². The van der Waals surface area contributed by atoms with Crippen LogP contribution in [-0.2, 0) is 0 Å². The zero-order chi connectivity index (χ0) is 14.0. The standard InChI is InChI=1S/C15H15BrN2O/c1-10-7-8-11(9-12(10)16)15(19)18(2)14-6-4-3-5-13(14)17/h3-9H,17H2,1-2H3. The number of para-hydroxylation sites is 2. The molecule has 0 fully saturated rings. The van der Waals surface area contributed by atoms with Crippen molar-refractivity contribution in [3.63, 3.8) is 0 Å². The van der Waals surface area contributed by atoms with Crippen LogP contribution < -0.4 is 10.6 Å². The Morgan fingerprint density at radius 1 is 1.21 bits per heavy atom. The van der Waals surface area contributed by atoms with Crippen LogP contribution in [0.3, 0.4) is 0 Å². The van der Waals surface area contributed by atoms with Gasteiger partial charge >= 0.3 is 0 Å². The van der Waals surface area contributed by atoms with Crippen LogP contribution in [0.25, 0.3) is 0 Å². The number of benzene rings is 2. The van der Waals surface area contributed by atoms with E-state index in [1.54, 1.807) is 18.0 Å². The van der Waals surface area contributed by atoms with E-state index in [1.165, 1.54) is 0 Å². The SMILES string of the molecule is Cc1ccc(C(=O)N(C)c2ccccc2N)cc1Br. The van der Waals surface area contributed by atoms with Crippen LogP contribution >= 0.6 is 15.9 Å². The number of amides is 1. The number of halogens is 1. The van der Waals surface area contributed by atoms with Gasteiger partial charge in [0.15, 0.2) is 0 Å². The highest BCUT2D eigenvalue weighted by atomic mass is 79.9. The first-order valence-corrected chi connectivity index (χ1v) is 6.68. The third-order valence-corrected chi connectivity index (χ3v) is 3.88. The summed E-state index contributed by atoms with van der Waals surface area (Å²) in [5.41, 5.74) is 8.91. The number of nitrogen functional groups attached to an aromatic ring is 1. The number of hydrogen-bond acceptors (Lipinski definition) is 2. The third kappa shape index (κ3) is 2.79. The van der Waals surface area contributed by atoms with E-state index in [9.17, 15) is 4.79 Å². The van der Waals surface area contributed by atoms with Crippen molar-refractivity contribution < 1.29 is 4.79 Å². The number of aryl methyl sites for hydroxylation is 1. The molecule has 0 unspecified atom stereocenters. The molecule has 4 heteroatoms. The van der Waals surface area contributed by atoms with Gasteiger partial charge in [0.05, 0.1) is 11.4 Å². The van der Waals surface area contributed by atoms with Crippen molar-refractivity contribution in [2.45, 2.75) is 6.92 Å². The van der Waals surface area contributed by atoms with Crippen LogP contribution in [0.15, 0.2) is 46.9 Å². The van der Waals surface area contributed by atoms with Gasteiger partial charge in [-0.25, -0.2) is 0 Å². The van der Waals surface area contributed by atoms with Crippen LogP contribution in [0, 0.1) is 6.92 Å². The highest BCUT2D eigenvalue weighted by Gasteiger charge is 2.15. The molecule has 19 heavy (non-hydrogen) atoms. The molecule has 0 saturated heterocycles. The molecule has 0 atom stereocenters. The van der Waals surface area contributed by atoms with Crippen molar-refractivity contribution in [3.05, 3.63) is 58.1 Å². The summed E-state index contributed by atoms with van der Waals surface area (Å²) in [6.07, 6.45) is 0. The molecule has 2 rings (SSSR count). The second-order valence-electron chi connectivity index (χ2n) is 4.39. The van der Waals surface area contributed by atoms with E-state index in [4.69, 9.17) is 5.73 Å². The van der Waals surface area contributed by atoms with Gasteiger partial charge in [-0.1, -0.05) is 34.1 Å². The lowest BCUT2D eigenvalue weighted by atomic mass is 10.1. The molecule has 2 aromatic rings. The van der Waals surface area contributed by atoms with Crippen molar-refractivity contribution in [2.24, 2.45) is 0 Å². The maximum atomic E-state index is 12.4. The Morgan fingerprint density at radius 3 is 2.53 bits per heavy atom. The smallest absolute Gasteiger partial charge is 0.258 e. The minimum absolute atomic E-state index is 0.0846. The molecular weight excluding hydrogens is 304 g/mol. The average Bonchev–Trinajstić information content (AvgIpc) is 2.41. The van der Waals surface area contributed by atoms with E-state index in [-0.39, 0.29) is 5.91 Å². The van der Waals surface area contributed by atoms with E-state index in [1.807, 2.05) is 43.3 Å². The zero-order valence-corrected chi connectivity index (χ0v) is 12.4. The average molecular weight is 319 g/mol. The Balaban J connectivity index is 2.34. The lowest BCUT2D eigenvalue weighted by Crippen LogP contribution is -2.27. The van der Waals surface area contributed by atoms with Crippen molar-refractivity contribution >= 4 is 33.2 Å². The molecule has 0 aliphatic rings. The largest absolute Gasteiger partial charge is 0.397 e. The summed E-state index contributed by atoms with van der Waals surface area (Å²) in [7, 11) is 1.72. The molecule has 0 spiro atoms. The van der Waals surface area contributed by atoms with E-state index < -0.39 is 0 Å². The molecule has 2 N–H and O–H groups in total. The molecule has 0 heterocycles. The van der Waals surface area contributed by atoms with Crippen LogP contribution in [0.1, 0.15) is 15.9 Å². The van der Waals surface area contributed by atoms with Gasteiger partial charge in [0.1, 0.15) is 0 Å². The minimum Gasteiger partial charge on any atom is -0.397 e. The summed E-state index contributed by atoms with van der Waals surface area (Å²) >= 11 is 3.44. The van der Waals surface area contributed by atoms with Crippen molar-refractivity contribution in [2.75, 3.05) is 17.7 Å². The molecule has 0 aliphatic carbocycles. The summed E-state index contributed by atoms with van der Waals surface area (Å²) < 4.78 is 0.924. The van der Waals surface area contributed by atoms with Crippen molar-refractivity contribution in [1.82, 2.24) is 0 Å². The number of anilines is 2. The van der Waals surface area contributed by atoms with Gasteiger partial charge in [-0.15, -0.1) is 0 Å². The molecule has 0 aliphatic heterocycles. The van der Waals surface area contributed by atoms with E-state index in [0.29, 0.717) is 16.9 Å². The van der Waals surface area contributed by atoms with Crippen LogP contribution in [0.4, 0.5) is 11.4 Å². The van der Waals surface area contributed by atoms with Gasteiger partial charge in [0, 0.05) is 17.1 Å². The predicted molar refractivity (Wildman–Crippen MR) is 82.5 cm³/mol. The molecule has 0 saturated carbocycles. The van der Waals surface area contributed by atoms with E-state index in [0.717, 1.165) is 10.0 Å². The predicted octanol–water partition coefficient (Wildman–Crippen LogP) is 3.62. The first-order valence-electron chi connectivity index (χ1n) is 5.89.